The standard InChI is InChI=1S/C16H17N3O2S/c1-3-9-19(10-4-2)11-13-18-14(15(22-13)16(20)21)12-7-5-6-8-17-12/h3-8H,1-2,9-11H2,(H,20,21). The van der Waals surface area contributed by atoms with Gasteiger partial charge in [0.15, 0.2) is 0 Å². The van der Waals surface area contributed by atoms with Crippen molar-refractivity contribution in [2.75, 3.05) is 13.1 Å². The van der Waals surface area contributed by atoms with E-state index in [0.29, 0.717) is 31.0 Å². The second-order valence-corrected chi connectivity index (χ2v) is 5.66. The van der Waals surface area contributed by atoms with Crippen molar-refractivity contribution in [3.63, 3.8) is 0 Å². The van der Waals surface area contributed by atoms with Crippen molar-refractivity contribution in [2.45, 2.75) is 6.54 Å². The van der Waals surface area contributed by atoms with Gasteiger partial charge in [-0.05, 0) is 12.1 Å². The summed E-state index contributed by atoms with van der Waals surface area (Å²) in [4.78, 5) is 22.4. The van der Waals surface area contributed by atoms with Crippen molar-refractivity contribution in [3.05, 3.63) is 59.6 Å². The Hall–Kier alpha value is -2.31. The van der Waals surface area contributed by atoms with Crippen LogP contribution in [0.2, 0.25) is 0 Å². The quantitative estimate of drug-likeness (QED) is 0.758. The Bertz CT molecular complexity index is 657. The van der Waals surface area contributed by atoms with Gasteiger partial charge in [-0.3, -0.25) is 9.88 Å². The minimum Gasteiger partial charge on any atom is -0.477 e. The van der Waals surface area contributed by atoms with Crippen LogP contribution in [0.4, 0.5) is 0 Å². The maximum absolute atomic E-state index is 11.4. The second-order valence-electron chi connectivity index (χ2n) is 4.58. The average Bonchev–Trinajstić information content (AvgIpc) is 2.93. The highest BCUT2D eigenvalue weighted by molar-refractivity contribution is 7.14. The third kappa shape index (κ3) is 3.87. The normalized spacial score (nSPS) is 10.6. The minimum atomic E-state index is -0.983. The van der Waals surface area contributed by atoms with Gasteiger partial charge in [0, 0.05) is 19.3 Å². The number of aromatic carboxylic acids is 1. The highest BCUT2D eigenvalue weighted by Gasteiger charge is 2.20. The zero-order chi connectivity index (χ0) is 15.9. The molecule has 22 heavy (non-hydrogen) atoms. The predicted molar refractivity (Wildman–Crippen MR) is 88.0 cm³/mol. The van der Waals surface area contributed by atoms with Crippen molar-refractivity contribution >= 4 is 17.3 Å². The summed E-state index contributed by atoms with van der Waals surface area (Å²) in [6.45, 7) is 9.38. The van der Waals surface area contributed by atoms with Crippen LogP contribution in [0.1, 0.15) is 14.7 Å². The molecule has 0 saturated heterocycles. The van der Waals surface area contributed by atoms with Crippen molar-refractivity contribution in [2.24, 2.45) is 0 Å². The molecule has 0 spiro atoms. The Kier molecular flexibility index (Phi) is 5.57. The molecule has 0 bridgehead atoms. The number of carboxylic acids is 1. The number of hydrogen-bond donors (Lipinski definition) is 1. The van der Waals surface area contributed by atoms with Crippen LogP contribution < -0.4 is 0 Å². The Labute approximate surface area is 133 Å². The summed E-state index contributed by atoms with van der Waals surface area (Å²) in [7, 11) is 0. The number of rotatable bonds is 8. The van der Waals surface area contributed by atoms with Gasteiger partial charge >= 0.3 is 5.97 Å². The third-order valence-electron chi connectivity index (χ3n) is 2.91. The molecule has 2 aromatic rings. The molecule has 114 valence electrons. The van der Waals surface area contributed by atoms with E-state index >= 15 is 0 Å². The molecule has 2 heterocycles. The van der Waals surface area contributed by atoms with Crippen LogP contribution in [0.15, 0.2) is 49.7 Å². The molecule has 0 aromatic carbocycles. The average molecular weight is 315 g/mol. The topological polar surface area (TPSA) is 66.3 Å². The summed E-state index contributed by atoms with van der Waals surface area (Å²) in [5.74, 6) is -0.983. The van der Waals surface area contributed by atoms with E-state index < -0.39 is 5.97 Å². The third-order valence-corrected chi connectivity index (χ3v) is 3.93. The van der Waals surface area contributed by atoms with E-state index in [-0.39, 0.29) is 4.88 Å². The van der Waals surface area contributed by atoms with Crippen molar-refractivity contribution in [1.82, 2.24) is 14.9 Å². The van der Waals surface area contributed by atoms with Gasteiger partial charge in [-0.2, -0.15) is 0 Å². The SMILES string of the molecule is C=CCN(CC=C)Cc1nc(-c2ccccn2)c(C(=O)O)s1. The lowest BCUT2D eigenvalue weighted by atomic mass is 10.2. The van der Waals surface area contributed by atoms with Gasteiger partial charge in [0.2, 0.25) is 0 Å². The van der Waals surface area contributed by atoms with E-state index in [1.807, 2.05) is 6.07 Å². The summed E-state index contributed by atoms with van der Waals surface area (Å²) in [5.41, 5.74) is 0.992. The molecule has 0 amide bonds. The second kappa shape index (κ2) is 7.63. The van der Waals surface area contributed by atoms with E-state index in [4.69, 9.17) is 0 Å². The van der Waals surface area contributed by atoms with Gasteiger partial charge in [-0.1, -0.05) is 18.2 Å². The number of aromatic nitrogens is 2. The van der Waals surface area contributed by atoms with Gasteiger partial charge in [0.05, 0.1) is 12.2 Å². The lowest BCUT2D eigenvalue weighted by Gasteiger charge is -2.16. The molecular formula is C16H17N3O2S. The molecular weight excluding hydrogens is 298 g/mol. The predicted octanol–water partition coefficient (Wildman–Crippen LogP) is 3.08. The molecule has 6 heteroatoms. The first-order valence-corrected chi connectivity index (χ1v) is 7.56. The van der Waals surface area contributed by atoms with E-state index in [9.17, 15) is 9.90 Å². The molecule has 0 fully saturated rings. The highest BCUT2D eigenvalue weighted by atomic mass is 32.1. The highest BCUT2D eigenvalue weighted by Crippen LogP contribution is 2.27. The monoisotopic (exact) mass is 315 g/mol. The van der Waals surface area contributed by atoms with Crippen LogP contribution in [0.5, 0.6) is 0 Å². The molecule has 0 aliphatic carbocycles. The summed E-state index contributed by atoms with van der Waals surface area (Å²) in [5, 5.41) is 10.1. The smallest absolute Gasteiger partial charge is 0.348 e. The number of thiazole rings is 1. The molecule has 2 aromatic heterocycles. The number of carbonyl (C=O) groups is 1. The fraction of sp³-hybridized carbons (Fsp3) is 0.188. The number of carboxylic acid groups (broad SMARTS) is 1. The van der Waals surface area contributed by atoms with Gasteiger partial charge in [0.25, 0.3) is 0 Å². The Balaban J connectivity index is 2.32. The fourth-order valence-corrected chi connectivity index (χ4v) is 2.97. The zero-order valence-corrected chi connectivity index (χ0v) is 12.9. The van der Waals surface area contributed by atoms with Crippen LogP contribution in [-0.4, -0.2) is 39.0 Å². The molecule has 0 aliphatic heterocycles. The molecule has 5 nitrogen and oxygen atoms in total. The molecule has 1 N–H and O–H groups in total. The Morgan fingerprint density at radius 2 is 2.05 bits per heavy atom. The first-order chi connectivity index (χ1) is 10.7. The van der Waals surface area contributed by atoms with E-state index in [1.165, 1.54) is 11.3 Å². The van der Waals surface area contributed by atoms with Crippen LogP contribution in [0.25, 0.3) is 11.4 Å². The maximum Gasteiger partial charge on any atom is 0.348 e. The summed E-state index contributed by atoms with van der Waals surface area (Å²) < 4.78 is 0. The van der Waals surface area contributed by atoms with Crippen LogP contribution in [0, 0.1) is 0 Å². The van der Waals surface area contributed by atoms with E-state index in [0.717, 1.165) is 5.01 Å². The summed E-state index contributed by atoms with van der Waals surface area (Å²) in [6, 6.07) is 5.36. The summed E-state index contributed by atoms with van der Waals surface area (Å²) in [6.07, 6.45) is 5.23. The molecule has 0 unspecified atom stereocenters. The van der Waals surface area contributed by atoms with Crippen LogP contribution >= 0.6 is 11.3 Å². The number of nitrogens with zero attached hydrogens (tertiary/aromatic N) is 3. The van der Waals surface area contributed by atoms with Gasteiger partial charge < -0.3 is 5.11 Å². The minimum absolute atomic E-state index is 0.214. The van der Waals surface area contributed by atoms with Gasteiger partial charge in [0.1, 0.15) is 15.6 Å². The molecule has 0 atom stereocenters. The van der Waals surface area contributed by atoms with Crippen LogP contribution in [-0.2, 0) is 6.54 Å². The molecule has 2 rings (SSSR count). The lowest BCUT2D eigenvalue weighted by Crippen LogP contribution is -2.23. The van der Waals surface area contributed by atoms with Crippen molar-refractivity contribution in [1.29, 1.82) is 0 Å². The Morgan fingerprint density at radius 1 is 1.32 bits per heavy atom. The Morgan fingerprint density at radius 3 is 2.59 bits per heavy atom. The molecule has 0 saturated carbocycles. The number of hydrogen-bond acceptors (Lipinski definition) is 5. The van der Waals surface area contributed by atoms with E-state index in [1.54, 1.807) is 30.5 Å². The molecule has 0 aliphatic rings. The lowest BCUT2D eigenvalue weighted by molar-refractivity contribution is 0.0702. The van der Waals surface area contributed by atoms with E-state index in [2.05, 4.69) is 28.0 Å². The first kappa shape index (κ1) is 16.1. The molecule has 0 radical (unpaired) electrons. The fourth-order valence-electron chi connectivity index (χ4n) is 2.01. The van der Waals surface area contributed by atoms with Crippen LogP contribution in [0.3, 0.4) is 0 Å². The largest absolute Gasteiger partial charge is 0.477 e. The summed E-state index contributed by atoms with van der Waals surface area (Å²) >= 11 is 1.18. The first-order valence-electron chi connectivity index (χ1n) is 6.74. The number of pyridine rings is 1. The van der Waals surface area contributed by atoms with Gasteiger partial charge in [-0.15, -0.1) is 24.5 Å². The zero-order valence-electron chi connectivity index (χ0n) is 12.1. The van der Waals surface area contributed by atoms with Crippen molar-refractivity contribution in [3.8, 4) is 11.4 Å². The van der Waals surface area contributed by atoms with Crippen molar-refractivity contribution < 1.29 is 9.90 Å². The maximum atomic E-state index is 11.4. The van der Waals surface area contributed by atoms with Gasteiger partial charge in [-0.25, -0.2) is 9.78 Å².